The smallest absolute Gasteiger partial charge is 0.404 e. The summed E-state index contributed by atoms with van der Waals surface area (Å²) in [7, 11) is 0. The molecule has 0 unspecified atom stereocenters. The standard InChI is InChI=1S/C20H25N7O3S/c1-20(2,3)25-15-10-14(17(28)26-6-4-12(5-7-26)22-19(29)30)23-16(24-15)13-11-21-27-8-9-31-18(13)27/h8-12,22H,4-7H2,1-3H3,(H,29,30)(H,23,24,25). The number of nitrogens with one attached hydrogen (secondary N) is 2. The summed E-state index contributed by atoms with van der Waals surface area (Å²) in [6, 6.07) is 1.54. The highest BCUT2D eigenvalue weighted by atomic mass is 32.1. The Bertz CT molecular complexity index is 1110. The molecule has 0 aromatic carbocycles. The van der Waals surface area contributed by atoms with E-state index in [1.807, 2.05) is 32.3 Å². The molecule has 1 fully saturated rings. The van der Waals surface area contributed by atoms with Crippen LogP contribution in [0.3, 0.4) is 0 Å². The molecule has 11 heteroatoms. The molecular formula is C20H25N7O3S. The van der Waals surface area contributed by atoms with E-state index in [2.05, 4.69) is 25.7 Å². The number of carbonyl (C=O) groups excluding carboxylic acids is 1. The maximum absolute atomic E-state index is 13.2. The summed E-state index contributed by atoms with van der Waals surface area (Å²) in [6.07, 6.45) is 3.68. The molecule has 31 heavy (non-hydrogen) atoms. The number of aromatic nitrogens is 4. The van der Waals surface area contributed by atoms with E-state index >= 15 is 0 Å². The minimum atomic E-state index is -1.04. The van der Waals surface area contributed by atoms with Crippen LogP contribution in [0.4, 0.5) is 10.6 Å². The van der Waals surface area contributed by atoms with Gasteiger partial charge >= 0.3 is 6.09 Å². The van der Waals surface area contributed by atoms with Crippen LogP contribution < -0.4 is 10.6 Å². The van der Waals surface area contributed by atoms with Gasteiger partial charge in [-0.25, -0.2) is 19.3 Å². The molecule has 0 bridgehead atoms. The van der Waals surface area contributed by atoms with Crippen LogP contribution in [0, 0.1) is 0 Å². The lowest BCUT2D eigenvalue weighted by atomic mass is 10.0. The molecule has 3 aromatic heterocycles. The highest BCUT2D eigenvalue weighted by Crippen LogP contribution is 2.27. The van der Waals surface area contributed by atoms with Gasteiger partial charge in [0.25, 0.3) is 5.91 Å². The van der Waals surface area contributed by atoms with Crippen molar-refractivity contribution in [1.82, 2.24) is 29.8 Å². The fraction of sp³-hybridized carbons (Fsp3) is 0.450. The highest BCUT2D eigenvalue weighted by molar-refractivity contribution is 7.16. The Kier molecular flexibility index (Phi) is 5.52. The fourth-order valence-corrected chi connectivity index (χ4v) is 4.36. The van der Waals surface area contributed by atoms with Gasteiger partial charge in [0, 0.05) is 42.3 Å². The van der Waals surface area contributed by atoms with E-state index in [-0.39, 0.29) is 17.5 Å². The van der Waals surface area contributed by atoms with Gasteiger partial charge in [-0.3, -0.25) is 4.79 Å². The molecule has 0 radical (unpaired) electrons. The first kappa shape index (κ1) is 21.0. The van der Waals surface area contributed by atoms with Crippen LogP contribution in [0.5, 0.6) is 0 Å². The van der Waals surface area contributed by atoms with Crippen molar-refractivity contribution in [2.24, 2.45) is 0 Å². The zero-order chi connectivity index (χ0) is 22.2. The number of carboxylic acid groups (broad SMARTS) is 1. The van der Waals surface area contributed by atoms with Gasteiger partial charge in [-0.2, -0.15) is 5.10 Å². The minimum absolute atomic E-state index is 0.139. The Hall–Kier alpha value is -3.21. The molecule has 0 aliphatic carbocycles. The molecule has 0 atom stereocenters. The Labute approximate surface area is 183 Å². The number of nitrogens with zero attached hydrogens (tertiary/aromatic N) is 5. The molecule has 1 saturated heterocycles. The van der Waals surface area contributed by atoms with Gasteiger partial charge in [0.1, 0.15) is 16.3 Å². The number of anilines is 1. The van der Waals surface area contributed by atoms with Crippen LogP contribution in [0.2, 0.25) is 0 Å². The molecule has 2 amide bonds. The predicted octanol–water partition coefficient (Wildman–Crippen LogP) is 2.94. The summed E-state index contributed by atoms with van der Waals surface area (Å²) in [5, 5.41) is 21.0. The van der Waals surface area contributed by atoms with Crippen molar-refractivity contribution in [2.45, 2.75) is 45.2 Å². The topological polar surface area (TPSA) is 125 Å². The van der Waals surface area contributed by atoms with Crippen LogP contribution in [0.25, 0.3) is 16.2 Å². The quantitative estimate of drug-likeness (QED) is 0.566. The average Bonchev–Trinajstić information content (AvgIpc) is 3.29. The summed E-state index contributed by atoms with van der Waals surface area (Å²) >= 11 is 1.53. The molecule has 1 aliphatic heterocycles. The molecule has 0 spiro atoms. The first-order valence-electron chi connectivity index (χ1n) is 10.1. The van der Waals surface area contributed by atoms with E-state index in [0.717, 1.165) is 10.4 Å². The molecule has 3 aromatic rings. The largest absolute Gasteiger partial charge is 0.465 e. The molecule has 1 aliphatic rings. The lowest BCUT2D eigenvalue weighted by Gasteiger charge is -2.31. The molecular weight excluding hydrogens is 418 g/mol. The molecule has 0 saturated carbocycles. The van der Waals surface area contributed by atoms with Gasteiger partial charge in [-0.05, 0) is 33.6 Å². The minimum Gasteiger partial charge on any atom is -0.465 e. The maximum Gasteiger partial charge on any atom is 0.404 e. The van der Waals surface area contributed by atoms with Crippen molar-refractivity contribution in [3.63, 3.8) is 0 Å². The summed E-state index contributed by atoms with van der Waals surface area (Å²) in [5.74, 6) is 0.820. The number of fused-ring (bicyclic) bond motifs is 1. The van der Waals surface area contributed by atoms with E-state index in [1.165, 1.54) is 11.3 Å². The Balaban J connectivity index is 1.63. The van der Waals surface area contributed by atoms with Crippen LogP contribution >= 0.6 is 11.3 Å². The van der Waals surface area contributed by atoms with Crippen LogP contribution in [0.1, 0.15) is 44.1 Å². The van der Waals surface area contributed by atoms with Gasteiger partial charge < -0.3 is 20.6 Å². The predicted molar refractivity (Wildman–Crippen MR) is 118 cm³/mol. The lowest BCUT2D eigenvalue weighted by Crippen LogP contribution is -2.46. The second-order valence-corrected chi connectivity index (χ2v) is 9.46. The number of thiazole rings is 1. The van der Waals surface area contributed by atoms with Gasteiger partial charge in [0.2, 0.25) is 0 Å². The second kappa shape index (κ2) is 8.14. The lowest BCUT2D eigenvalue weighted by molar-refractivity contribution is 0.0700. The van der Waals surface area contributed by atoms with Crippen molar-refractivity contribution in [3.05, 3.63) is 29.5 Å². The summed E-state index contributed by atoms with van der Waals surface area (Å²) in [6.45, 7) is 7.00. The van der Waals surface area contributed by atoms with Crippen LogP contribution in [0.15, 0.2) is 23.8 Å². The van der Waals surface area contributed by atoms with Crippen molar-refractivity contribution in [3.8, 4) is 11.4 Å². The second-order valence-electron chi connectivity index (χ2n) is 8.56. The SMILES string of the molecule is CC(C)(C)Nc1cc(C(=O)N2CCC(NC(=O)O)CC2)nc(-c2cnn3ccsc23)n1. The van der Waals surface area contributed by atoms with Crippen molar-refractivity contribution < 1.29 is 14.7 Å². The number of hydrogen-bond acceptors (Lipinski definition) is 7. The van der Waals surface area contributed by atoms with Crippen molar-refractivity contribution in [1.29, 1.82) is 0 Å². The number of likely N-dealkylation sites (tertiary alicyclic amines) is 1. The zero-order valence-electron chi connectivity index (χ0n) is 17.6. The zero-order valence-corrected chi connectivity index (χ0v) is 18.4. The Morgan fingerprint density at radius 3 is 2.65 bits per heavy atom. The first-order valence-corrected chi connectivity index (χ1v) is 10.9. The van der Waals surface area contributed by atoms with Gasteiger partial charge in [-0.1, -0.05) is 0 Å². The molecule has 164 valence electrons. The van der Waals surface area contributed by atoms with E-state index < -0.39 is 6.09 Å². The normalized spacial score (nSPS) is 15.3. The number of hydrogen-bond donors (Lipinski definition) is 3. The van der Waals surface area contributed by atoms with Gasteiger partial charge in [0.05, 0.1) is 11.8 Å². The van der Waals surface area contributed by atoms with E-state index in [0.29, 0.717) is 43.3 Å². The first-order chi connectivity index (χ1) is 14.7. The molecule has 4 rings (SSSR count). The number of piperidine rings is 1. The number of amides is 2. The Morgan fingerprint density at radius 1 is 1.23 bits per heavy atom. The van der Waals surface area contributed by atoms with E-state index in [1.54, 1.807) is 21.7 Å². The third-order valence-corrected chi connectivity index (χ3v) is 5.82. The molecule has 4 heterocycles. The maximum atomic E-state index is 13.2. The van der Waals surface area contributed by atoms with E-state index in [9.17, 15) is 9.59 Å². The molecule has 3 N–H and O–H groups in total. The third-order valence-electron chi connectivity index (χ3n) is 4.93. The third kappa shape index (κ3) is 4.76. The summed E-state index contributed by atoms with van der Waals surface area (Å²) in [5.41, 5.74) is 0.827. The number of rotatable bonds is 4. The van der Waals surface area contributed by atoms with Crippen molar-refractivity contribution in [2.75, 3.05) is 18.4 Å². The van der Waals surface area contributed by atoms with Crippen LogP contribution in [-0.2, 0) is 0 Å². The monoisotopic (exact) mass is 443 g/mol. The number of carbonyl (C=O) groups is 2. The highest BCUT2D eigenvalue weighted by Gasteiger charge is 2.27. The summed E-state index contributed by atoms with van der Waals surface area (Å²) in [4.78, 5) is 35.9. The van der Waals surface area contributed by atoms with Gasteiger partial charge in [0.15, 0.2) is 5.82 Å². The fourth-order valence-electron chi connectivity index (χ4n) is 3.57. The Morgan fingerprint density at radius 2 is 1.97 bits per heavy atom. The van der Waals surface area contributed by atoms with Crippen LogP contribution in [-0.4, -0.2) is 66.3 Å². The van der Waals surface area contributed by atoms with Gasteiger partial charge in [-0.15, -0.1) is 11.3 Å². The summed E-state index contributed by atoms with van der Waals surface area (Å²) < 4.78 is 1.76. The van der Waals surface area contributed by atoms with E-state index in [4.69, 9.17) is 5.11 Å². The van der Waals surface area contributed by atoms with Crippen molar-refractivity contribution >= 4 is 34.0 Å². The molecule has 10 nitrogen and oxygen atoms in total. The average molecular weight is 444 g/mol.